The Morgan fingerprint density at radius 2 is 1.00 bits per heavy atom. The van der Waals surface area contributed by atoms with E-state index >= 15 is 0 Å². The summed E-state index contributed by atoms with van der Waals surface area (Å²) in [6.45, 7) is 0.837. The quantitative estimate of drug-likeness (QED) is 0.394. The molecule has 0 spiro atoms. The number of hydrogen-bond acceptors (Lipinski definition) is 4. The van der Waals surface area contributed by atoms with E-state index in [4.69, 9.17) is 19.0 Å². The topological polar surface area (TPSA) is 53.7 Å². The van der Waals surface area contributed by atoms with Gasteiger partial charge in [0.2, 0.25) is 0 Å². The Labute approximate surface area is 120 Å². The first-order chi connectivity index (χ1) is 9.24. The van der Waals surface area contributed by atoms with Gasteiger partial charge in [0, 0.05) is 27.4 Å². The molecule has 0 heterocycles. The van der Waals surface area contributed by atoms with Gasteiger partial charge in [-0.15, -0.1) is 0 Å². The van der Waals surface area contributed by atoms with E-state index in [1.165, 1.54) is 51.4 Å². The van der Waals surface area contributed by atoms with Crippen LogP contribution in [0.4, 0.5) is 0 Å². The molecule has 0 rings (SSSR count). The fourth-order valence-corrected chi connectivity index (χ4v) is 4.07. The minimum absolute atomic E-state index is 0.837. The molecule has 0 saturated heterocycles. The third-order valence-electron chi connectivity index (χ3n) is 3.62. The number of unbranched alkanes of at least 4 members (excludes halogenated alkanes) is 8. The Morgan fingerprint density at radius 3 is 1.37 bits per heavy atom. The van der Waals surface area contributed by atoms with Crippen LogP contribution >= 0.6 is 0 Å². The first-order valence-electron chi connectivity index (χ1n) is 7.60. The third kappa shape index (κ3) is 9.57. The Kier molecular flexibility index (Phi) is 13.1. The van der Waals surface area contributed by atoms with Crippen molar-refractivity contribution in [1.82, 2.24) is 0 Å². The summed E-state index contributed by atoms with van der Waals surface area (Å²) in [5, 5.41) is 0. The van der Waals surface area contributed by atoms with E-state index in [9.17, 15) is 0 Å². The Bertz CT molecular complexity index is 181. The predicted octanol–water partition coefficient (Wildman–Crippen LogP) is 3.33. The summed E-state index contributed by atoms with van der Waals surface area (Å²) in [4.78, 5) is 0. The van der Waals surface area contributed by atoms with Gasteiger partial charge in [-0.25, -0.2) is 0 Å². The van der Waals surface area contributed by atoms with Gasteiger partial charge in [-0.3, -0.25) is 0 Å². The Hall–Kier alpha value is 0.0569. The normalized spacial score (nSPS) is 12.0. The molecule has 0 bridgehead atoms. The Balaban J connectivity index is 3.35. The van der Waals surface area contributed by atoms with Gasteiger partial charge < -0.3 is 19.0 Å². The molecular weight excluding hydrogens is 258 g/mol. The molecule has 0 saturated carbocycles. The lowest BCUT2D eigenvalue weighted by atomic mass is 10.1. The van der Waals surface area contributed by atoms with E-state index in [1.807, 2.05) is 0 Å². The number of hydrogen-bond donors (Lipinski definition) is 1. The average molecular weight is 292 g/mol. The summed E-state index contributed by atoms with van der Waals surface area (Å²) >= 11 is 0. The minimum atomic E-state index is -2.32. The van der Waals surface area contributed by atoms with Crippen LogP contribution in [-0.4, -0.2) is 36.7 Å². The summed E-state index contributed by atoms with van der Waals surface area (Å²) in [6, 6.07) is 0.924. The molecule has 0 radical (unpaired) electrons. The van der Waals surface area contributed by atoms with Gasteiger partial charge in [0.25, 0.3) is 0 Å². The van der Waals surface area contributed by atoms with Crippen LogP contribution in [-0.2, 0) is 13.3 Å². The SMILES string of the molecule is CO[Si](CCCCCCCCCCCN)(OC)OC. The highest BCUT2D eigenvalue weighted by molar-refractivity contribution is 6.60. The van der Waals surface area contributed by atoms with Gasteiger partial charge in [0.1, 0.15) is 0 Å². The van der Waals surface area contributed by atoms with Crippen LogP contribution in [0.1, 0.15) is 57.8 Å². The fraction of sp³-hybridized carbons (Fsp3) is 1.00. The van der Waals surface area contributed by atoms with E-state index in [2.05, 4.69) is 0 Å². The molecule has 0 aromatic carbocycles. The van der Waals surface area contributed by atoms with Crippen molar-refractivity contribution < 1.29 is 13.3 Å². The molecular formula is C14H33NO3Si. The van der Waals surface area contributed by atoms with Gasteiger partial charge in [0.15, 0.2) is 0 Å². The lowest BCUT2D eigenvalue weighted by Crippen LogP contribution is -2.42. The summed E-state index contributed by atoms with van der Waals surface area (Å²) in [5.41, 5.74) is 5.47. The Morgan fingerprint density at radius 1 is 0.632 bits per heavy atom. The van der Waals surface area contributed by atoms with Crippen molar-refractivity contribution in [3.05, 3.63) is 0 Å². The summed E-state index contributed by atoms with van der Waals surface area (Å²) in [7, 11) is 2.72. The van der Waals surface area contributed by atoms with E-state index in [1.54, 1.807) is 21.3 Å². The molecule has 0 aliphatic heterocycles. The van der Waals surface area contributed by atoms with Crippen LogP contribution in [0.15, 0.2) is 0 Å². The van der Waals surface area contributed by atoms with E-state index < -0.39 is 8.80 Å². The van der Waals surface area contributed by atoms with Crippen molar-refractivity contribution in [3.8, 4) is 0 Å². The van der Waals surface area contributed by atoms with Crippen molar-refractivity contribution in [3.63, 3.8) is 0 Å². The molecule has 0 aliphatic carbocycles. The molecule has 19 heavy (non-hydrogen) atoms. The lowest BCUT2D eigenvalue weighted by molar-refractivity contribution is 0.122. The first kappa shape index (κ1) is 19.1. The molecule has 4 nitrogen and oxygen atoms in total. The monoisotopic (exact) mass is 291 g/mol. The largest absolute Gasteiger partial charge is 0.500 e. The molecule has 0 aromatic rings. The molecule has 0 aliphatic rings. The van der Waals surface area contributed by atoms with Crippen molar-refractivity contribution in [2.75, 3.05) is 27.9 Å². The molecule has 0 atom stereocenters. The van der Waals surface area contributed by atoms with Crippen LogP contribution in [0.5, 0.6) is 0 Å². The maximum atomic E-state index is 5.47. The zero-order chi connectivity index (χ0) is 14.4. The van der Waals surface area contributed by atoms with E-state index in [-0.39, 0.29) is 0 Å². The van der Waals surface area contributed by atoms with Crippen molar-refractivity contribution >= 4 is 8.80 Å². The van der Waals surface area contributed by atoms with Gasteiger partial charge >= 0.3 is 8.80 Å². The van der Waals surface area contributed by atoms with Crippen LogP contribution in [0.3, 0.4) is 0 Å². The second-order valence-electron chi connectivity index (χ2n) is 5.02. The van der Waals surface area contributed by atoms with E-state index in [0.717, 1.165) is 19.0 Å². The zero-order valence-electron chi connectivity index (χ0n) is 13.1. The molecule has 5 heteroatoms. The lowest BCUT2D eigenvalue weighted by Gasteiger charge is -2.24. The van der Waals surface area contributed by atoms with E-state index in [0.29, 0.717) is 0 Å². The highest BCUT2D eigenvalue weighted by Crippen LogP contribution is 2.18. The van der Waals surface area contributed by atoms with Gasteiger partial charge in [-0.1, -0.05) is 44.9 Å². The average Bonchev–Trinajstić information content (AvgIpc) is 2.46. The van der Waals surface area contributed by atoms with Gasteiger partial charge in [-0.05, 0) is 19.4 Å². The summed E-state index contributed by atoms with van der Waals surface area (Å²) < 4.78 is 16.2. The smallest absolute Gasteiger partial charge is 0.377 e. The molecule has 116 valence electrons. The molecule has 0 amide bonds. The van der Waals surface area contributed by atoms with Crippen molar-refractivity contribution in [2.24, 2.45) is 5.73 Å². The molecule has 2 N–H and O–H groups in total. The predicted molar refractivity (Wildman–Crippen MR) is 82.2 cm³/mol. The minimum Gasteiger partial charge on any atom is -0.377 e. The molecule has 0 fully saturated rings. The second-order valence-corrected chi connectivity index (χ2v) is 8.11. The highest BCUT2D eigenvalue weighted by atomic mass is 28.4. The maximum absolute atomic E-state index is 5.47. The summed E-state index contributed by atoms with van der Waals surface area (Å²) in [6.07, 6.45) is 11.5. The van der Waals surface area contributed by atoms with Crippen molar-refractivity contribution in [2.45, 2.75) is 63.8 Å². The number of nitrogens with two attached hydrogens (primary N) is 1. The standard InChI is InChI=1S/C14H33NO3Si/c1-16-19(17-2,18-3)14-12-10-8-6-4-5-7-9-11-13-15/h4-15H2,1-3H3. The van der Waals surface area contributed by atoms with Crippen LogP contribution in [0.25, 0.3) is 0 Å². The van der Waals surface area contributed by atoms with Crippen LogP contribution in [0.2, 0.25) is 6.04 Å². The zero-order valence-corrected chi connectivity index (χ0v) is 14.1. The first-order valence-corrected chi connectivity index (χ1v) is 9.53. The van der Waals surface area contributed by atoms with Crippen LogP contribution in [0, 0.1) is 0 Å². The number of rotatable bonds is 14. The third-order valence-corrected chi connectivity index (χ3v) is 6.45. The van der Waals surface area contributed by atoms with Gasteiger partial charge in [0.05, 0.1) is 0 Å². The van der Waals surface area contributed by atoms with Gasteiger partial charge in [-0.2, -0.15) is 0 Å². The highest BCUT2D eigenvalue weighted by Gasteiger charge is 2.36. The van der Waals surface area contributed by atoms with Crippen molar-refractivity contribution in [1.29, 1.82) is 0 Å². The molecule has 0 aromatic heterocycles. The maximum Gasteiger partial charge on any atom is 0.500 e. The molecule has 0 unspecified atom stereocenters. The van der Waals surface area contributed by atoms with Crippen LogP contribution < -0.4 is 5.73 Å². The second kappa shape index (κ2) is 13.1. The fourth-order valence-electron chi connectivity index (χ4n) is 2.28. The summed E-state index contributed by atoms with van der Waals surface area (Å²) in [5.74, 6) is 0.